The van der Waals surface area contributed by atoms with Gasteiger partial charge in [0.2, 0.25) is 0 Å². The second kappa shape index (κ2) is 4.04. The van der Waals surface area contributed by atoms with E-state index in [-0.39, 0.29) is 0 Å². The van der Waals surface area contributed by atoms with E-state index >= 15 is 0 Å². The number of hydrogen-bond acceptors (Lipinski definition) is 3. The molecule has 0 N–H and O–H groups in total. The molecule has 72 valence electrons. The number of alkyl halides is 1. The lowest BCUT2D eigenvalue weighted by molar-refractivity contribution is 0.112. The van der Waals surface area contributed by atoms with E-state index in [0.717, 1.165) is 37.7 Å². The normalized spacial score (nSPS) is 10.7. The van der Waals surface area contributed by atoms with E-state index in [1.54, 1.807) is 11.3 Å². The summed E-state index contributed by atoms with van der Waals surface area (Å²) in [4.78, 5) is 11.8. The molecule has 2 aromatic rings. The quantitative estimate of drug-likeness (QED) is 0.503. The number of fused-ring (bicyclic) bond motifs is 1. The number of benzene rings is 1. The van der Waals surface area contributed by atoms with Crippen LogP contribution >= 0.6 is 39.9 Å². The molecule has 1 heterocycles. The van der Waals surface area contributed by atoms with Crippen LogP contribution in [-0.2, 0) is 5.33 Å². The van der Waals surface area contributed by atoms with Crippen molar-refractivity contribution in [3.8, 4) is 0 Å². The zero-order valence-electron chi connectivity index (χ0n) is 7.16. The number of thiophene rings is 1. The molecule has 1 aromatic carbocycles. The Labute approximate surface area is 99.7 Å². The van der Waals surface area contributed by atoms with E-state index in [1.807, 2.05) is 17.5 Å². The maximum Gasteiger partial charge on any atom is 0.151 e. The Hall–Kier alpha value is -0.320. The van der Waals surface area contributed by atoms with Gasteiger partial charge < -0.3 is 0 Å². The average Bonchev–Trinajstić information content (AvgIpc) is 2.63. The molecular weight excluding hydrogens is 280 g/mol. The van der Waals surface area contributed by atoms with Gasteiger partial charge in [0.1, 0.15) is 0 Å². The second-order valence-corrected chi connectivity index (χ2v) is 4.81. The molecule has 0 aliphatic rings. The van der Waals surface area contributed by atoms with Crippen molar-refractivity contribution in [3.63, 3.8) is 0 Å². The standard InChI is InChI=1S/C10H7BrOS2/c11-3-6-1-2-8(13)10-9(6)7(4-12)5-14-10/h1-2,4-5,13H,3H2. The molecular formula is C10H7BrOS2. The first-order valence-corrected chi connectivity index (χ1v) is 6.46. The van der Waals surface area contributed by atoms with Crippen LogP contribution in [0.1, 0.15) is 15.9 Å². The summed E-state index contributed by atoms with van der Waals surface area (Å²) in [6, 6.07) is 3.96. The maximum absolute atomic E-state index is 10.8. The molecule has 0 amide bonds. The fourth-order valence-corrected chi connectivity index (χ4v) is 3.21. The third-order valence-corrected chi connectivity index (χ3v) is 4.25. The fraction of sp³-hybridized carbons (Fsp3) is 0.100. The number of carbonyl (C=O) groups is 1. The molecule has 0 aliphatic heterocycles. The molecule has 14 heavy (non-hydrogen) atoms. The van der Waals surface area contributed by atoms with E-state index in [0.29, 0.717) is 0 Å². The summed E-state index contributed by atoms with van der Waals surface area (Å²) in [5.74, 6) is 0. The van der Waals surface area contributed by atoms with E-state index in [4.69, 9.17) is 0 Å². The summed E-state index contributed by atoms with van der Waals surface area (Å²) in [7, 11) is 0. The summed E-state index contributed by atoms with van der Waals surface area (Å²) >= 11 is 9.35. The molecule has 0 unspecified atom stereocenters. The van der Waals surface area contributed by atoms with Crippen LogP contribution < -0.4 is 0 Å². The number of carbonyl (C=O) groups excluding carboxylic acids is 1. The summed E-state index contributed by atoms with van der Waals surface area (Å²) in [5.41, 5.74) is 1.90. The van der Waals surface area contributed by atoms with Gasteiger partial charge in [-0.05, 0) is 11.6 Å². The molecule has 1 nitrogen and oxygen atoms in total. The van der Waals surface area contributed by atoms with Crippen molar-refractivity contribution in [2.45, 2.75) is 10.2 Å². The highest BCUT2D eigenvalue weighted by Crippen LogP contribution is 2.33. The Morgan fingerprint density at radius 1 is 1.50 bits per heavy atom. The van der Waals surface area contributed by atoms with Gasteiger partial charge in [-0.1, -0.05) is 22.0 Å². The Morgan fingerprint density at radius 2 is 2.29 bits per heavy atom. The zero-order chi connectivity index (χ0) is 10.1. The lowest BCUT2D eigenvalue weighted by Crippen LogP contribution is -1.83. The first-order chi connectivity index (χ1) is 6.77. The molecule has 0 atom stereocenters. The molecule has 0 saturated heterocycles. The minimum absolute atomic E-state index is 0.759. The lowest BCUT2D eigenvalue weighted by Gasteiger charge is -2.01. The smallest absolute Gasteiger partial charge is 0.151 e. The summed E-state index contributed by atoms with van der Waals surface area (Å²) in [6.45, 7) is 0. The van der Waals surface area contributed by atoms with Crippen LogP contribution in [-0.4, -0.2) is 6.29 Å². The number of aldehydes is 1. The minimum Gasteiger partial charge on any atom is -0.298 e. The van der Waals surface area contributed by atoms with Crippen molar-refractivity contribution in [2.24, 2.45) is 0 Å². The summed E-state index contributed by atoms with van der Waals surface area (Å²) in [5, 5.41) is 3.67. The summed E-state index contributed by atoms with van der Waals surface area (Å²) in [6.07, 6.45) is 0.901. The second-order valence-electron chi connectivity index (χ2n) is 2.89. The van der Waals surface area contributed by atoms with Crippen LogP contribution in [0.25, 0.3) is 10.1 Å². The number of rotatable bonds is 2. The SMILES string of the molecule is O=Cc1csc2c(S)ccc(CBr)c12. The van der Waals surface area contributed by atoms with Crippen molar-refractivity contribution in [2.75, 3.05) is 0 Å². The van der Waals surface area contributed by atoms with Crippen molar-refractivity contribution in [1.82, 2.24) is 0 Å². The first kappa shape index (κ1) is 10.2. The molecule has 0 fully saturated rings. The van der Waals surface area contributed by atoms with Crippen molar-refractivity contribution >= 4 is 56.3 Å². The number of halogens is 1. The van der Waals surface area contributed by atoms with Crippen LogP contribution in [0.2, 0.25) is 0 Å². The summed E-state index contributed by atoms with van der Waals surface area (Å²) < 4.78 is 1.09. The van der Waals surface area contributed by atoms with E-state index in [1.165, 1.54) is 0 Å². The predicted molar refractivity (Wildman–Crippen MR) is 67.1 cm³/mol. The zero-order valence-corrected chi connectivity index (χ0v) is 10.5. The Morgan fingerprint density at radius 3 is 2.93 bits per heavy atom. The lowest BCUT2D eigenvalue weighted by atomic mass is 10.1. The van der Waals surface area contributed by atoms with Crippen molar-refractivity contribution in [3.05, 3.63) is 28.6 Å². The fourth-order valence-electron chi connectivity index (χ4n) is 1.43. The molecule has 0 radical (unpaired) electrons. The minimum atomic E-state index is 0.759. The van der Waals surface area contributed by atoms with Gasteiger partial charge in [-0.3, -0.25) is 4.79 Å². The van der Waals surface area contributed by atoms with Gasteiger partial charge in [0.25, 0.3) is 0 Å². The highest BCUT2D eigenvalue weighted by atomic mass is 79.9. The highest BCUT2D eigenvalue weighted by Gasteiger charge is 2.09. The maximum atomic E-state index is 10.8. The van der Waals surface area contributed by atoms with E-state index in [9.17, 15) is 4.79 Å². The molecule has 0 aliphatic carbocycles. The van der Waals surface area contributed by atoms with Gasteiger partial charge in [0, 0.05) is 31.3 Å². The Bertz CT molecular complexity index is 490. The van der Waals surface area contributed by atoms with Crippen LogP contribution in [0.4, 0.5) is 0 Å². The van der Waals surface area contributed by atoms with Gasteiger partial charge in [-0.25, -0.2) is 0 Å². The average molecular weight is 287 g/mol. The van der Waals surface area contributed by atoms with Crippen LogP contribution in [0.15, 0.2) is 22.4 Å². The van der Waals surface area contributed by atoms with Gasteiger partial charge in [0.05, 0.1) is 0 Å². The molecule has 4 heteroatoms. The highest BCUT2D eigenvalue weighted by molar-refractivity contribution is 9.08. The first-order valence-electron chi connectivity index (χ1n) is 4.01. The number of thiol groups is 1. The molecule has 0 spiro atoms. The Kier molecular flexibility index (Phi) is 2.95. The van der Waals surface area contributed by atoms with Gasteiger partial charge in [-0.2, -0.15) is 0 Å². The van der Waals surface area contributed by atoms with Crippen LogP contribution in [0.5, 0.6) is 0 Å². The molecule has 0 bridgehead atoms. The molecule has 0 saturated carbocycles. The molecule has 1 aromatic heterocycles. The number of hydrogen-bond donors (Lipinski definition) is 1. The monoisotopic (exact) mass is 286 g/mol. The van der Waals surface area contributed by atoms with Crippen molar-refractivity contribution < 1.29 is 4.79 Å². The third-order valence-electron chi connectivity index (χ3n) is 2.09. The van der Waals surface area contributed by atoms with E-state index in [2.05, 4.69) is 28.6 Å². The van der Waals surface area contributed by atoms with Gasteiger partial charge >= 0.3 is 0 Å². The van der Waals surface area contributed by atoms with Gasteiger partial charge in [-0.15, -0.1) is 24.0 Å². The van der Waals surface area contributed by atoms with Crippen LogP contribution in [0, 0.1) is 0 Å². The largest absolute Gasteiger partial charge is 0.298 e. The van der Waals surface area contributed by atoms with Crippen LogP contribution in [0.3, 0.4) is 0 Å². The third kappa shape index (κ3) is 1.51. The van der Waals surface area contributed by atoms with Gasteiger partial charge in [0.15, 0.2) is 6.29 Å². The Balaban J connectivity index is 2.88. The predicted octanol–water partition coefficient (Wildman–Crippen LogP) is 3.90. The molecule has 2 rings (SSSR count). The van der Waals surface area contributed by atoms with E-state index < -0.39 is 0 Å². The topological polar surface area (TPSA) is 17.1 Å². The van der Waals surface area contributed by atoms with Crippen molar-refractivity contribution in [1.29, 1.82) is 0 Å².